The molecule has 0 bridgehead atoms. The number of hydrogen-bond acceptors (Lipinski definition) is 5. The number of unbranched alkanes of at least 4 members (excludes halogenated alkanes) is 2. The molecule has 0 aliphatic rings. The van der Waals surface area contributed by atoms with Crippen molar-refractivity contribution in [3.8, 4) is 11.4 Å². The maximum absolute atomic E-state index is 4.64. The number of rotatable bonds is 9. The van der Waals surface area contributed by atoms with E-state index in [0.717, 1.165) is 17.7 Å². The molecule has 0 saturated heterocycles. The van der Waals surface area contributed by atoms with Crippen LogP contribution in [-0.4, -0.2) is 21.0 Å². The Kier molecular flexibility index (Phi) is 6.74. The lowest BCUT2D eigenvalue weighted by atomic mass is 10.1. The first-order valence-corrected chi connectivity index (χ1v) is 9.64. The molecule has 3 rings (SSSR count). The number of anilines is 3. The predicted octanol–water partition coefficient (Wildman–Crippen LogP) is 5.66. The van der Waals surface area contributed by atoms with Gasteiger partial charge >= 0.3 is 0 Å². The summed E-state index contributed by atoms with van der Waals surface area (Å²) in [6.45, 7) is 4.39. The molecule has 5 nitrogen and oxygen atoms in total. The van der Waals surface area contributed by atoms with Crippen molar-refractivity contribution in [3.05, 3.63) is 60.7 Å². The molecule has 3 aromatic rings. The van der Waals surface area contributed by atoms with E-state index >= 15 is 0 Å². The smallest absolute Gasteiger partial charge is 0.232 e. The van der Waals surface area contributed by atoms with Gasteiger partial charge in [-0.2, -0.15) is 15.0 Å². The van der Waals surface area contributed by atoms with Gasteiger partial charge in [-0.05, 0) is 25.5 Å². The zero-order valence-electron chi connectivity index (χ0n) is 16.0. The first-order chi connectivity index (χ1) is 13.2. The summed E-state index contributed by atoms with van der Waals surface area (Å²) < 4.78 is 0. The summed E-state index contributed by atoms with van der Waals surface area (Å²) in [5, 5.41) is 6.71. The van der Waals surface area contributed by atoms with Crippen LogP contribution in [0.15, 0.2) is 60.7 Å². The molecule has 0 fully saturated rings. The molecular formula is C22H27N5. The van der Waals surface area contributed by atoms with Crippen molar-refractivity contribution in [1.29, 1.82) is 0 Å². The standard InChI is InChI=1S/C22H27N5/c1-3-4-7-12-17(2)23-21-25-20(18-13-8-5-9-14-18)26-22(27-21)24-19-15-10-6-11-16-19/h5-6,8-11,13-17H,3-4,7,12H2,1-2H3,(H2,23,24,25,26,27). The quantitative estimate of drug-likeness (QED) is 0.481. The Morgan fingerprint density at radius 1 is 0.815 bits per heavy atom. The van der Waals surface area contributed by atoms with Gasteiger partial charge in [0.15, 0.2) is 5.82 Å². The van der Waals surface area contributed by atoms with Gasteiger partial charge in [0.05, 0.1) is 0 Å². The molecule has 1 unspecified atom stereocenters. The minimum atomic E-state index is 0.312. The normalized spacial score (nSPS) is 11.8. The summed E-state index contributed by atoms with van der Waals surface area (Å²) in [5.74, 6) is 1.80. The third kappa shape index (κ3) is 5.78. The third-order valence-corrected chi connectivity index (χ3v) is 4.31. The van der Waals surface area contributed by atoms with E-state index in [1.54, 1.807) is 0 Å². The number of aromatic nitrogens is 3. The van der Waals surface area contributed by atoms with Gasteiger partial charge in [-0.25, -0.2) is 0 Å². The minimum absolute atomic E-state index is 0.312. The Morgan fingerprint density at radius 2 is 1.48 bits per heavy atom. The molecule has 1 atom stereocenters. The lowest BCUT2D eigenvalue weighted by Gasteiger charge is -2.15. The molecule has 0 spiro atoms. The number of benzene rings is 2. The van der Waals surface area contributed by atoms with Crippen molar-refractivity contribution in [2.45, 2.75) is 45.6 Å². The summed E-state index contributed by atoms with van der Waals surface area (Å²) in [7, 11) is 0. The fraction of sp³-hybridized carbons (Fsp3) is 0.318. The molecule has 2 N–H and O–H groups in total. The summed E-state index contributed by atoms with van der Waals surface area (Å²) in [6, 6.07) is 20.2. The van der Waals surface area contributed by atoms with Gasteiger partial charge in [0.1, 0.15) is 0 Å². The van der Waals surface area contributed by atoms with Crippen molar-refractivity contribution < 1.29 is 0 Å². The first kappa shape index (κ1) is 18.8. The van der Waals surface area contributed by atoms with Gasteiger partial charge in [0, 0.05) is 17.3 Å². The average Bonchev–Trinajstić information content (AvgIpc) is 2.69. The Labute approximate surface area is 161 Å². The molecule has 0 aliphatic carbocycles. The third-order valence-electron chi connectivity index (χ3n) is 4.31. The lowest BCUT2D eigenvalue weighted by molar-refractivity contribution is 0.612. The maximum Gasteiger partial charge on any atom is 0.232 e. The van der Waals surface area contributed by atoms with Crippen molar-refractivity contribution in [2.24, 2.45) is 0 Å². The van der Waals surface area contributed by atoms with E-state index in [1.807, 2.05) is 60.7 Å². The fourth-order valence-electron chi connectivity index (χ4n) is 2.86. The maximum atomic E-state index is 4.64. The Balaban J connectivity index is 1.84. The van der Waals surface area contributed by atoms with Crippen LogP contribution in [0, 0.1) is 0 Å². The van der Waals surface area contributed by atoms with Gasteiger partial charge in [0.2, 0.25) is 11.9 Å². The van der Waals surface area contributed by atoms with Crippen LogP contribution in [0.2, 0.25) is 0 Å². The zero-order chi connectivity index (χ0) is 18.9. The number of nitrogens with zero attached hydrogens (tertiary/aromatic N) is 3. The number of hydrogen-bond donors (Lipinski definition) is 2. The second-order valence-corrected chi connectivity index (χ2v) is 6.70. The summed E-state index contributed by atoms with van der Waals surface area (Å²) >= 11 is 0. The van der Waals surface area contributed by atoms with Gasteiger partial charge < -0.3 is 10.6 Å². The molecule has 1 aromatic heterocycles. The predicted molar refractivity (Wildman–Crippen MR) is 112 cm³/mol. The van der Waals surface area contributed by atoms with E-state index in [9.17, 15) is 0 Å². The summed E-state index contributed by atoms with van der Waals surface area (Å²) in [6.07, 6.45) is 4.78. The van der Waals surface area contributed by atoms with Crippen LogP contribution < -0.4 is 10.6 Å². The minimum Gasteiger partial charge on any atom is -0.352 e. The topological polar surface area (TPSA) is 62.7 Å². The molecule has 2 aromatic carbocycles. The van der Waals surface area contributed by atoms with E-state index < -0.39 is 0 Å². The van der Waals surface area contributed by atoms with Crippen LogP contribution in [0.3, 0.4) is 0 Å². The van der Waals surface area contributed by atoms with Crippen LogP contribution in [0.1, 0.15) is 39.5 Å². The monoisotopic (exact) mass is 361 g/mol. The van der Waals surface area contributed by atoms with Crippen molar-refractivity contribution in [2.75, 3.05) is 10.6 Å². The zero-order valence-corrected chi connectivity index (χ0v) is 16.0. The lowest BCUT2D eigenvalue weighted by Crippen LogP contribution is -2.18. The van der Waals surface area contributed by atoms with Crippen molar-refractivity contribution >= 4 is 17.6 Å². The first-order valence-electron chi connectivity index (χ1n) is 9.64. The van der Waals surface area contributed by atoms with Gasteiger partial charge in [0.25, 0.3) is 0 Å². The van der Waals surface area contributed by atoms with E-state index in [2.05, 4.69) is 39.4 Å². The van der Waals surface area contributed by atoms with E-state index in [4.69, 9.17) is 0 Å². The highest BCUT2D eigenvalue weighted by Crippen LogP contribution is 2.20. The molecule has 1 heterocycles. The SMILES string of the molecule is CCCCCC(C)Nc1nc(Nc2ccccc2)nc(-c2ccccc2)n1. The average molecular weight is 361 g/mol. The Hall–Kier alpha value is -2.95. The van der Waals surface area contributed by atoms with Crippen LogP contribution in [-0.2, 0) is 0 Å². The molecular weight excluding hydrogens is 334 g/mol. The van der Waals surface area contributed by atoms with Crippen molar-refractivity contribution in [3.63, 3.8) is 0 Å². The van der Waals surface area contributed by atoms with E-state index in [1.165, 1.54) is 19.3 Å². The summed E-state index contributed by atoms with van der Waals surface area (Å²) in [5.41, 5.74) is 1.92. The van der Waals surface area contributed by atoms with Crippen LogP contribution in [0.5, 0.6) is 0 Å². The van der Waals surface area contributed by atoms with E-state index in [-0.39, 0.29) is 0 Å². The number of nitrogens with one attached hydrogen (secondary N) is 2. The molecule has 27 heavy (non-hydrogen) atoms. The summed E-state index contributed by atoms with van der Waals surface area (Å²) in [4.78, 5) is 13.8. The second kappa shape index (κ2) is 9.67. The Morgan fingerprint density at radius 3 is 2.19 bits per heavy atom. The van der Waals surface area contributed by atoms with Gasteiger partial charge in [-0.15, -0.1) is 0 Å². The Bertz CT molecular complexity index is 821. The molecule has 0 aliphatic heterocycles. The van der Waals surface area contributed by atoms with Gasteiger partial charge in [-0.1, -0.05) is 74.7 Å². The molecule has 0 radical (unpaired) electrons. The highest BCUT2D eigenvalue weighted by Gasteiger charge is 2.11. The highest BCUT2D eigenvalue weighted by atomic mass is 15.2. The van der Waals surface area contributed by atoms with Crippen molar-refractivity contribution in [1.82, 2.24) is 15.0 Å². The highest BCUT2D eigenvalue weighted by molar-refractivity contribution is 5.60. The molecule has 140 valence electrons. The largest absolute Gasteiger partial charge is 0.352 e. The fourth-order valence-corrected chi connectivity index (χ4v) is 2.86. The van der Waals surface area contributed by atoms with Gasteiger partial charge in [-0.3, -0.25) is 0 Å². The van der Waals surface area contributed by atoms with Crippen LogP contribution in [0.25, 0.3) is 11.4 Å². The van der Waals surface area contributed by atoms with E-state index in [0.29, 0.717) is 23.8 Å². The molecule has 0 saturated carbocycles. The van der Waals surface area contributed by atoms with Crippen LogP contribution >= 0.6 is 0 Å². The molecule has 0 amide bonds. The van der Waals surface area contributed by atoms with Crippen LogP contribution in [0.4, 0.5) is 17.6 Å². The number of para-hydroxylation sites is 1. The molecule has 5 heteroatoms. The second-order valence-electron chi connectivity index (χ2n) is 6.70.